The van der Waals surface area contributed by atoms with Crippen molar-refractivity contribution in [2.45, 2.75) is 44.6 Å². The van der Waals surface area contributed by atoms with Gasteiger partial charge in [-0.1, -0.05) is 12.8 Å². The SMILES string of the molecule is O=C1CCc2cc(NC(=O)C(=O)NC3CCCC3)ccc2N1. The fraction of sp³-hybridized carbons (Fsp3) is 0.438. The highest BCUT2D eigenvalue weighted by Gasteiger charge is 2.22. The van der Waals surface area contributed by atoms with Crippen LogP contribution < -0.4 is 16.0 Å². The Labute approximate surface area is 128 Å². The normalized spacial score (nSPS) is 17.5. The Balaban J connectivity index is 1.61. The van der Waals surface area contributed by atoms with Crippen molar-refractivity contribution in [2.24, 2.45) is 0 Å². The number of carbonyl (C=O) groups excluding carboxylic acids is 3. The standard InChI is InChI=1S/C16H19N3O3/c20-14-8-5-10-9-12(6-7-13(10)19-14)18-16(22)15(21)17-11-3-1-2-4-11/h6-7,9,11H,1-5,8H2,(H,17,21)(H,18,22)(H,19,20). The Morgan fingerprint density at radius 1 is 1.09 bits per heavy atom. The molecule has 0 atom stereocenters. The number of nitrogens with one attached hydrogen (secondary N) is 3. The van der Waals surface area contributed by atoms with Crippen LogP contribution in [0.2, 0.25) is 0 Å². The van der Waals surface area contributed by atoms with Crippen LogP contribution >= 0.6 is 0 Å². The van der Waals surface area contributed by atoms with Crippen LogP contribution in [-0.4, -0.2) is 23.8 Å². The lowest BCUT2D eigenvalue weighted by atomic mass is 10.0. The molecule has 3 amide bonds. The number of amides is 3. The predicted octanol–water partition coefficient (Wildman–Crippen LogP) is 1.57. The Bertz CT molecular complexity index is 621. The first-order valence-corrected chi connectivity index (χ1v) is 7.66. The van der Waals surface area contributed by atoms with Crippen molar-refractivity contribution in [2.75, 3.05) is 10.6 Å². The average Bonchev–Trinajstić information content (AvgIpc) is 3.00. The summed E-state index contributed by atoms with van der Waals surface area (Å²) >= 11 is 0. The Kier molecular flexibility index (Phi) is 4.09. The molecular formula is C16H19N3O3. The molecule has 116 valence electrons. The second-order valence-electron chi connectivity index (χ2n) is 5.83. The summed E-state index contributed by atoms with van der Waals surface area (Å²) in [5, 5.41) is 8.15. The lowest BCUT2D eigenvalue weighted by molar-refractivity contribution is -0.136. The topological polar surface area (TPSA) is 87.3 Å². The van der Waals surface area contributed by atoms with Gasteiger partial charge in [0.2, 0.25) is 5.91 Å². The number of aryl methyl sites for hydroxylation is 1. The van der Waals surface area contributed by atoms with E-state index in [0.717, 1.165) is 36.9 Å². The van der Waals surface area contributed by atoms with Crippen LogP contribution in [0.4, 0.5) is 11.4 Å². The van der Waals surface area contributed by atoms with E-state index in [2.05, 4.69) is 16.0 Å². The van der Waals surface area contributed by atoms with Crippen LogP contribution in [0.1, 0.15) is 37.7 Å². The maximum atomic E-state index is 11.9. The third-order valence-electron chi connectivity index (χ3n) is 4.16. The van der Waals surface area contributed by atoms with Gasteiger partial charge in [-0.05, 0) is 43.0 Å². The molecule has 0 saturated heterocycles. The predicted molar refractivity (Wildman–Crippen MR) is 82.4 cm³/mol. The van der Waals surface area contributed by atoms with Crippen LogP contribution in [0.5, 0.6) is 0 Å². The van der Waals surface area contributed by atoms with Crippen molar-refractivity contribution in [3.8, 4) is 0 Å². The van der Waals surface area contributed by atoms with Gasteiger partial charge < -0.3 is 16.0 Å². The van der Waals surface area contributed by atoms with Gasteiger partial charge in [0.05, 0.1) is 0 Å². The summed E-state index contributed by atoms with van der Waals surface area (Å²) in [5.41, 5.74) is 2.31. The highest BCUT2D eigenvalue weighted by molar-refractivity contribution is 6.39. The van der Waals surface area contributed by atoms with E-state index in [0.29, 0.717) is 18.5 Å². The van der Waals surface area contributed by atoms with E-state index in [9.17, 15) is 14.4 Å². The molecule has 1 saturated carbocycles. The van der Waals surface area contributed by atoms with E-state index in [-0.39, 0.29) is 11.9 Å². The van der Waals surface area contributed by atoms with E-state index >= 15 is 0 Å². The largest absolute Gasteiger partial charge is 0.345 e. The van der Waals surface area contributed by atoms with Gasteiger partial charge in [0.1, 0.15) is 0 Å². The second-order valence-corrected chi connectivity index (χ2v) is 5.83. The Morgan fingerprint density at radius 2 is 1.86 bits per heavy atom. The minimum Gasteiger partial charge on any atom is -0.345 e. The van der Waals surface area contributed by atoms with E-state index in [1.165, 1.54) is 0 Å². The van der Waals surface area contributed by atoms with Crippen LogP contribution in [0.15, 0.2) is 18.2 Å². The number of carbonyl (C=O) groups is 3. The summed E-state index contributed by atoms with van der Waals surface area (Å²) in [5.74, 6) is -1.23. The summed E-state index contributed by atoms with van der Waals surface area (Å²) in [7, 11) is 0. The van der Waals surface area contributed by atoms with Gasteiger partial charge in [-0.15, -0.1) is 0 Å². The first-order valence-electron chi connectivity index (χ1n) is 7.66. The van der Waals surface area contributed by atoms with Crippen LogP contribution in [0.25, 0.3) is 0 Å². The molecule has 6 nitrogen and oxygen atoms in total. The first-order chi connectivity index (χ1) is 10.6. The Hall–Kier alpha value is -2.37. The van der Waals surface area contributed by atoms with Crippen molar-refractivity contribution in [1.82, 2.24) is 5.32 Å². The molecule has 2 aliphatic rings. The van der Waals surface area contributed by atoms with Gasteiger partial charge in [-0.2, -0.15) is 0 Å². The molecule has 1 aromatic carbocycles. The number of benzene rings is 1. The summed E-state index contributed by atoms with van der Waals surface area (Å²) in [6, 6.07) is 5.36. The van der Waals surface area contributed by atoms with E-state index in [1.807, 2.05) is 0 Å². The monoisotopic (exact) mass is 301 g/mol. The highest BCUT2D eigenvalue weighted by atomic mass is 16.2. The molecule has 0 unspecified atom stereocenters. The van der Waals surface area contributed by atoms with E-state index in [4.69, 9.17) is 0 Å². The second kappa shape index (κ2) is 6.17. The number of hydrogen-bond donors (Lipinski definition) is 3. The molecule has 0 radical (unpaired) electrons. The minimum atomic E-state index is -0.647. The van der Waals surface area contributed by atoms with Crippen molar-refractivity contribution >= 4 is 29.1 Å². The lowest BCUT2D eigenvalue weighted by Gasteiger charge is -2.18. The van der Waals surface area contributed by atoms with Crippen molar-refractivity contribution in [1.29, 1.82) is 0 Å². The molecule has 6 heteroatoms. The van der Waals surface area contributed by atoms with Gasteiger partial charge in [0, 0.05) is 23.8 Å². The molecule has 0 spiro atoms. The molecule has 0 aromatic heterocycles. The number of rotatable bonds is 2. The van der Waals surface area contributed by atoms with E-state index in [1.54, 1.807) is 18.2 Å². The van der Waals surface area contributed by atoms with Gasteiger partial charge >= 0.3 is 11.8 Å². The summed E-state index contributed by atoms with van der Waals surface area (Å²) in [6.07, 6.45) is 5.16. The van der Waals surface area contributed by atoms with Crippen LogP contribution in [0, 0.1) is 0 Å². The molecule has 1 aliphatic heterocycles. The van der Waals surface area contributed by atoms with Crippen molar-refractivity contribution < 1.29 is 14.4 Å². The molecule has 1 heterocycles. The molecule has 0 bridgehead atoms. The Morgan fingerprint density at radius 3 is 2.64 bits per heavy atom. The zero-order valence-electron chi connectivity index (χ0n) is 12.3. The third-order valence-corrected chi connectivity index (χ3v) is 4.16. The quantitative estimate of drug-likeness (QED) is 0.725. The molecular weight excluding hydrogens is 282 g/mol. The minimum absolute atomic E-state index is 0.000210. The molecule has 1 aromatic rings. The molecule has 3 N–H and O–H groups in total. The van der Waals surface area contributed by atoms with Gasteiger partial charge in [-0.3, -0.25) is 14.4 Å². The number of hydrogen-bond acceptors (Lipinski definition) is 3. The van der Waals surface area contributed by atoms with Crippen LogP contribution in [0.3, 0.4) is 0 Å². The number of anilines is 2. The van der Waals surface area contributed by atoms with Crippen molar-refractivity contribution in [3.05, 3.63) is 23.8 Å². The van der Waals surface area contributed by atoms with Crippen molar-refractivity contribution in [3.63, 3.8) is 0 Å². The molecule has 3 rings (SSSR count). The summed E-state index contributed by atoms with van der Waals surface area (Å²) in [4.78, 5) is 35.1. The van der Waals surface area contributed by atoms with Gasteiger partial charge in [0.15, 0.2) is 0 Å². The zero-order valence-corrected chi connectivity index (χ0v) is 12.3. The first kappa shape index (κ1) is 14.6. The fourth-order valence-corrected chi connectivity index (χ4v) is 2.97. The maximum Gasteiger partial charge on any atom is 0.313 e. The maximum absolute atomic E-state index is 11.9. The fourth-order valence-electron chi connectivity index (χ4n) is 2.97. The van der Waals surface area contributed by atoms with E-state index < -0.39 is 11.8 Å². The molecule has 22 heavy (non-hydrogen) atoms. The average molecular weight is 301 g/mol. The smallest absolute Gasteiger partial charge is 0.313 e. The third kappa shape index (κ3) is 3.27. The number of fused-ring (bicyclic) bond motifs is 1. The van der Waals surface area contributed by atoms with Crippen LogP contribution in [-0.2, 0) is 20.8 Å². The zero-order chi connectivity index (χ0) is 15.5. The van der Waals surface area contributed by atoms with Gasteiger partial charge in [0.25, 0.3) is 0 Å². The summed E-state index contributed by atoms with van der Waals surface area (Å²) in [6.45, 7) is 0. The van der Waals surface area contributed by atoms with Gasteiger partial charge in [-0.25, -0.2) is 0 Å². The molecule has 1 fully saturated rings. The summed E-state index contributed by atoms with van der Waals surface area (Å²) < 4.78 is 0. The lowest BCUT2D eigenvalue weighted by Crippen LogP contribution is -2.40. The molecule has 1 aliphatic carbocycles. The highest BCUT2D eigenvalue weighted by Crippen LogP contribution is 2.25.